The van der Waals surface area contributed by atoms with Crippen LogP contribution in [0.25, 0.3) is 10.8 Å². The van der Waals surface area contributed by atoms with E-state index in [2.05, 4.69) is 27.2 Å². The van der Waals surface area contributed by atoms with E-state index in [0.29, 0.717) is 6.54 Å². The normalized spacial score (nSPS) is 17.3. The second-order valence-corrected chi connectivity index (χ2v) is 8.98. The summed E-state index contributed by atoms with van der Waals surface area (Å²) in [6.07, 6.45) is 3.62. The van der Waals surface area contributed by atoms with E-state index >= 15 is 0 Å². The highest BCUT2D eigenvalue weighted by Crippen LogP contribution is 2.29. The molecule has 7 heteroatoms. The lowest BCUT2D eigenvalue weighted by Crippen LogP contribution is -2.38. The zero-order valence-electron chi connectivity index (χ0n) is 17.4. The second kappa shape index (κ2) is 8.69. The number of aromatic nitrogens is 3. The molecule has 1 aliphatic rings. The Morgan fingerprint density at radius 1 is 1.16 bits per heavy atom. The van der Waals surface area contributed by atoms with Crippen molar-refractivity contribution in [1.82, 2.24) is 19.7 Å². The molecule has 31 heavy (non-hydrogen) atoms. The molecule has 4 aromatic rings. The highest BCUT2D eigenvalue weighted by atomic mass is 32.2. The fraction of sp³-hybridized carbons (Fsp3) is 0.292. The Labute approximate surface area is 185 Å². The minimum atomic E-state index is 0.0157. The number of rotatable bonds is 6. The number of likely N-dealkylation sites (tertiary alicyclic amines) is 1. The van der Waals surface area contributed by atoms with Crippen molar-refractivity contribution < 1.29 is 9.21 Å². The third-order valence-electron chi connectivity index (χ3n) is 5.81. The van der Waals surface area contributed by atoms with E-state index in [0.717, 1.165) is 58.3 Å². The quantitative estimate of drug-likeness (QED) is 0.408. The number of aryl methyl sites for hydroxylation is 1. The van der Waals surface area contributed by atoms with E-state index < -0.39 is 0 Å². The van der Waals surface area contributed by atoms with Crippen LogP contribution < -0.4 is 0 Å². The Morgan fingerprint density at radius 3 is 2.90 bits per heavy atom. The van der Waals surface area contributed by atoms with Gasteiger partial charge in [0, 0.05) is 25.1 Å². The molecule has 158 valence electrons. The molecule has 5 rings (SSSR count). The molecule has 3 heterocycles. The van der Waals surface area contributed by atoms with Gasteiger partial charge in [-0.05, 0) is 54.1 Å². The summed E-state index contributed by atoms with van der Waals surface area (Å²) in [5.41, 5.74) is 0.838. The smallest absolute Gasteiger partial charge is 0.198 e. The standard InChI is InChI=1S/C24H24N4O2S/c1-27-16-25-26-24(27)31-22-12-11-19(30-22)15-28-13-5-8-18(14-28)23(29)21-10-4-7-17-6-2-3-9-20(17)21/h2-4,6-7,9-12,16,18H,5,8,13-15H2,1H3. The molecule has 0 aliphatic carbocycles. The molecule has 1 aliphatic heterocycles. The molecule has 0 spiro atoms. The van der Waals surface area contributed by atoms with E-state index in [4.69, 9.17) is 4.42 Å². The summed E-state index contributed by atoms with van der Waals surface area (Å²) < 4.78 is 7.87. The van der Waals surface area contributed by atoms with Gasteiger partial charge in [0.25, 0.3) is 0 Å². The Hall–Kier alpha value is -2.90. The zero-order valence-corrected chi connectivity index (χ0v) is 18.2. The molecule has 1 saturated heterocycles. The molecule has 0 amide bonds. The number of piperidine rings is 1. The van der Waals surface area contributed by atoms with Crippen LogP contribution in [0.2, 0.25) is 0 Å². The van der Waals surface area contributed by atoms with E-state index in [1.165, 1.54) is 11.8 Å². The number of ketones is 1. The number of benzene rings is 2. The number of fused-ring (bicyclic) bond motifs is 1. The highest BCUT2D eigenvalue weighted by molar-refractivity contribution is 7.99. The van der Waals surface area contributed by atoms with Gasteiger partial charge in [0.1, 0.15) is 12.1 Å². The van der Waals surface area contributed by atoms with Crippen molar-refractivity contribution in [3.8, 4) is 0 Å². The molecule has 1 unspecified atom stereocenters. The van der Waals surface area contributed by atoms with Gasteiger partial charge in [-0.25, -0.2) is 0 Å². The fourth-order valence-electron chi connectivity index (χ4n) is 4.25. The van der Waals surface area contributed by atoms with Crippen LogP contribution in [0.1, 0.15) is 29.0 Å². The van der Waals surface area contributed by atoms with Crippen LogP contribution in [0.4, 0.5) is 0 Å². The number of furan rings is 1. The number of nitrogens with zero attached hydrogens (tertiary/aromatic N) is 4. The maximum Gasteiger partial charge on any atom is 0.198 e. The largest absolute Gasteiger partial charge is 0.453 e. The zero-order chi connectivity index (χ0) is 21.2. The number of Topliss-reactive ketones (excluding diaryl/α,β-unsaturated/α-hetero) is 1. The Morgan fingerprint density at radius 2 is 2.03 bits per heavy atom. The third-order valence-corrected chi connectivity index (χ3v) is 6.78. The molecule has 1 atom stereocenters. The predicted octanol–water partition coefficient (Wildman–Crippen LogP) is 4.81. The van der Waals surface area contributed by atoms with Crippen molar-refractivity contribution in [1.29, 1.82) is 0 Å². The first kappa shape index (κ1) is 20.0. The minimum Gasteiger partial charge on any atom is -0.453 e. The lowest BCUT2D eigenvalue weighted by molar-refractivity contribution is 0.0803. The summed E-state index contributed by atoms with van der Waals surface area (Å²) in [5, 5.41) is 11.7. The van der Waals surface area contributed by atoms with Gasteiger partial charge in [-0.2, -0.15) is 0 Å². The first-order valence-corrected chi connectivity index (χ1v) is 11.3. The van der Waals surface area contributed by atoms with Crippen LogP contribution in [0.5, 0.6) is 0 Å². The van der Waals surface area contributed by atoms with Crippen molar-refractivity contribution in [2.24, 2.45) is 13.0 Å². The van der Waals surface area contributed by atoms with Crippen molar-refractivity contribution in [2.75, 3.05) is 13.1 Å². The lowest BCUT2D eigenvalue weighted by Gasteiger charge is -2.31. The summed E-state index contributed by atoms with van der Waals surface area (Å²) in [4.78, 5) is 15.7. The number of hydrogen-bond donors (Lipinski definition) is 0. The molecule has 0 bridgehead atoms. The Bertz CT molecular complexity index is 1210. The second-order valence-electron chi connectivity index (χ2n) is 8.01. The molecular formula is C24H24N4O2S. The van der Waals surface area contributed by atoms with Crippen molar-refractivity contribution in [2.45, 2.75) is 29.6 Å². The maximum atomic E-state index is 13.4. The summed E-state index contributed by atoms with van der Waals surface area (Å²) in [7, 11) is 1.91. The van der Waals surface area contributed by atoms with Crippen LogP contribution in [0, 0.1) is 5.92 Å². The Balaban J connectivity index is 1.26. The number of carbonyl (C=O) groups is 1. The monoisotopic (exact) mass is 432 g/mol. The van der Waals surface area contributed by atoms with Crippen molar-refractivity contribution in [3.05, 3.63) is 72.2 Å². The average Bonchev–Trinajstić information content (AvgIpc) is 3.42. The molecule has 0 saturated carbocycles. The van der Waals surface area contributed by atoms with E-state index in [1.54, 1.807) is 6.33 Å². The maximum absolute atomic E-state index is 13.4. The topological polar surface area (TPSA) is 64.2 Å². The summed E-state index contributed by atoms with van der Waals surface area (Å²) >= 11 is 1.46. The summed E-state index contributed by atoms with van der Waals surface area (Å²) in [5.74, 6) is 1.17. The van der Waals surface area contributed by atoms with Crippen LogP contribution in [-0.4, -0.2) is 38.5 Å². The average molecular weight is 433 g/mol. The van der Waals surface area contributed by atoms with E-state index in [9.17, 15) is 4.79 Å². The van der Waals surface area contributed by atoms with Crippen LogP contribution >= 0.6 is 11.8 Å². The summed E-state index contributed by atoms with van der Waals surface area (Å²) in [6.45, 7) is 2.44. The first-order valence-electron chi connectivity index (χ1n) is 10.5. The number of hydrogen-bond acceptors (Lipinski definition) is 6. The number of carbonyl (C=O) groups excluding carboxylic acids is 1. The molecular weight excluding hydrogens is 408 g/mol. The predicted molar refractivity (Wildman–Crippen MR) is 120 cm³/mol. The van der Waals surface area contributed by atoms with Gasteiger partial charge < -0.3 is 8.98 Å². The fourth-order valence-corrected chi connectivity index (χ4v) is 4.99. The van der Waals surface area contributed by atoms with Crippen LogP contribution in [0.15, 0.2) is 75.6 Å². The SMILES string of the molecule is Cn1cnnc1Sc1ccc(CN2CCCC(C(=O)c3cccc4ccccc34)C2)o1. The van der Waals surface area contributed by atoms with Gasteiger partial charge in [0.05, 0.1) is 6.54 Å². The third kappa shape index (κ3) is 4.29. The van der Waals surface area contributed by atoms with Gasteiger partial charge in [-0.3, -0.25) is 9.69 Å². The van der Waals surface area contributed by atoms with Gasteiger partial charge >= 0.3 is 0 Å². The van der Waals surface area contributed by atoms with E-state index in [-0.39, 0.29) is 11.7 Å². The molecule has 6 nitrogen and oxygen atoms in total. The Kier molecular flexibility index (Phi) is 5.61. The minimum absolute atomic E-state index is 0.0157. The molecule has 2 aromatic heterocycles. The van der Waals surface area contributed by atoms with Crippen molar-refractivity contribution in [3.63, 3.8) is 0 Å². The highest BCUT2D eigenvalue weighted by Gasteiger charge is 2.28. The molecule has 2 aromatic carbocycles. The van der Waals surface area contributed by atoms with Crippen LogP contribution in [-0.2, 0) is 13.6 Å². The van der Waals surface area contributed by atoms with Gasteiger partial charge in [0.2, 0.25) is 0 Å². The molecule has 1 fully saturated rings. The summed E-state index contributed by atoms with van der Waals surface area (Å²) in [6, 6.07) is 18.1. The van der Waals surface area contributed by atoms with Gasteiger partial charge in [-0.15, -0.1) is 10.2 Å². The molecule has 0 radical (unpaired) electrons. The van der Waals surface area contributed by atoms with Crippen molar-refractivity contribution >= 4 is 28.3 Å². The molecule has 0 N–H and O–H groups in total. The first-order chi connectivity index (χ1) is 15.2. The lowest BCUT2D eigenvalue weighted by atomic mass is 9.88. The van der Waals surface area contributed by atoms with Gasteiger partial charge in [-0.1, -0.05) is 42.5 Å². The van der Waals surface area contributed by atoms with Gasteiger partial charge in [0.15, 0.2) is 16.0 Å². The van der Waals surface area contributed by atoms with Crippen LogP contribution in [0.3, 0.4) is 0 Å². The van der Waals surface area contributed by atoms with E-state index in [1.807, 2.05) is 54.1 Å².